The molecule has 2 aromatic rings. The van der Waals surface area contributed by atoms with Gasteiger partial charge in [-0.05, 0) is 23.1 Å². The molecule has 0 radical (unpaired) electrons. The second-order valence-electron chi connectivity index (χ2n) is 5.22. The Morgan fingerprint density at radius 1 is 1.00 bits per heavy atom. The number of hydrogen-bond donors (Lipinski definition) is 1. The van der Waals surface area contributed by atoms with Crippen molar-refractivity contribution in [2.75, 3.05) is 11.9 Å². The Balaban J connectivity index is 2.10. The van der Waals surface area contributed by atoms with E-state index in [9.17, 15) is 5.26 Å². The number of nitrogens with one attached hydrogen (secondary N) is 1. The molecule has 0 aromatic heterocycles. The summed E-state index contributed by atoms with van der Waals surface area (Å²) in [5.41, 5.74) is 3.47. The lowest BCUT2D eigenvalue weighted by Gasteiger charge is -2.16. The normalized spacial score (nSPS) is 11.9. The Hall–Kier alpha value is -2.27. The van der Waals surface area contributed by atoms with Crippen LogP contribution in [0.2, 0.25) is 0 Å². The van der Waals surface area contributed by atoms with Crippen LogP contribution >= 0.6 is 0 Å². The Bertz CT molecular complexity index is 582. The number of rotatable bonds is 5. The van der Waals surface area contributed by atoms with Gasteiger partial charge in [-0.25, -0.2) is 0 Å². The minimum Gasteiger partial charge on any atom is -0.383 e. The molecule has 1 N–H and O–H groups in total. The van der Waals surface area contributed by atoms with E-state index in [2.05, 4.69) is 43.4 Å². The van der Waals surface area contributed by atoms with Crippen LogP contribution in [-0.4, -0.2) is 6.54 Å². The fourth-order valence-electron chi connectivity index (χ4n) is 2.30. The molecule has 0 amide bonds. The molecule has 2 nitrogen and oxygen atoms in total. The van der Waals surface area contributed by atoms with Gasteiger partial charge >= 0.3 is 0 Å². The molecular weight excluding hydrogens is 244 g/mol. The van der Waals surface area contributed by atoms with Crippen LogP contribution in [0.5, 0.6) is 0 Å². The summed E-state index contributed by atoms with van der Waals surface area (Å²) in [6.07, 6.45) is 0. The predicted molar refractivity (Wildman–Crippen MR) is 83.8 cm³/mol. The molecule has 0 heterocycles. The number of nitrogens with zero attached hydrogens (tertiary/aromatic N) is 1. The standard InChI is InChI=1S/C18H20N2/c1-14(2)17-10-6-7-11-18(17)20-13-16(12-19)15-8-4-3-5-9-15/h3-11,14,16,20H,13H2,1-2H3. The molecule has 20 heavy (non-hydrogen) atoms. The van der Waals surface area contributed by atoms with Crippen molar-refractivity contribution in [1.29, 1.82) is 5.26 Å². The summed E-state index contributed by atoms with van der Waals surface area (Å²) in [7, 11) is 0. The molecule has 2 rings (SSSR count). The highest BCUT2D eigenvalue weighted by Gasteiger charge is 2.11. The average Bonchev–Trinajstić information content (AvgIpc) is 2.49. The number of hydrogen-bond acceptors (Lipinski definition) is 2. The van der Waals surface area contributed by atoms with Crippen molar-refractivity contribution in [3.05, 3.63) is 65.7 Å². The Morgan fingerprint density at radius 2 is 1.65 bits per heavy atom. The fourth-order valence-corrected chi connectivity index (χ4v) is 2.30. The first-order valence-electron chi connectivity index (χ1n) is 6.99. The van der Waals surface area contributed by atoms with E-state index in [-0.39, 0.29) is 5.92 Å². The van der Waals surface area contributed by atoms with Crippen LogP contribution in [0.4, 0.5) is 5.69 Å². The molecule has 0 fully saturated rings. The van der Waals surface area contributed by atoms with Crippen LogP contribution in [-0.2, 0) is 0 Å². The van der Waals surface area contributed by atoms with E-state index >= 15 is 0 Å². The van der Waals surface area contributed by atoms with Crippen LogP contribution in [0.15, 0.2) is 54.6 Å². The zero-order valence-electron chi connectivity index (χ0n) is 12.0. The maximum Gasteiger partial charge on any atom is 0.0885 e. The molecule has 2 heteroatoms. The Labute approximate surface area is 121 Å². The largest absolute Gasteiger partial charge is 0.383 e. The predicted octanol–water partition coefficient (Wildman–Crippen LogP) is 4.53. The zero-order valence-corrected chi connectivity index (χ0v) is 12.0. The van der Waals surface area contributed by atoms with Crippen LogP contribution in [0, 0.1) is 11.3 Å². The molecule has 2 aromatic carbocycles. The van der Waals surface area contributed by atoms with Crippen LogP contribution in [0.1, 0.15) is 36.8 Å². The molecule has 0 aliphatic heterocycles. The maximum absolute atomic E-state index is 9.35. The molecule has 0 spiro atoms. The summed E-state index contributed by atoms with van der Waals surface area (Å²) >= 11 is 0. The molecule has 0 aliphatic carbocycles. The molecule has 0 bridgehead atoms. The third-order valence-electron chi connectivity index (χ3n) is 3.44. The SMILES string of the molecule is CC(C)c1ccccc1NCC(C#N)c1ccccc1. The van der Waals surface area contributed by atoms with Crippen molar-refractivity contribution in [2.24, 2.45) is 0 Å². The summed E-state index contributed by atoms with van der Waals surface area (Å²) in [5, 5.41) is 12.8. The highest BCUT2D eigenvalue weighted by atomic mass is 14.9. The quantitative estimate of drug-likeness (QED) is 0.861. The lowest BCUT2D eigenvalue weighted by Crippen LogP contribution is -2.12. The van der Waals surface area contributed by atoms with Crippen LogP contribution < -0.4 is 5.32 Å². The number of para-hydroxylation sites is 1. The number of anilines is 1. The van der Waals surface area contributed by atoms with Crippen molar-refractivity contribution in [2.45, 2.75) is 25.7 Å². The van der Waals surface area contributed by atoms with Crippen molar-refractivity contribution in [3.63, 3.8) is 0 Å². The molecule has 0 saturated carbocycles. The number of benzene rings is 2. The van der Waals surface area contributed by atoms with Gasteiger partial charge in [-0.3, -0.25) is 0 Å². The van der Waals surface area contributed by atoms with Gasteiger partial charge < -0.3 is 5.32 Å². The second-order valence-corrected chi connectivity index (χ2v) is 5.22. The summed E-state index contributed by atoms with van der Waals surface area (Å²) in [4.78, 5) is 0. The summed E-state index contributed by atoms with van der Waals surface area (Å²) < 4.78 is 0. The van der Waals surface area contributed by atoms with Crippen molar-refractivity contribution in [1.82, 2.24) is 0 Å². The Kier molecular flexibility index (Phi) is 4.79. The smallest absolute Gasteiger partial charge is 0.0885 e. The second kappa shape index (κ2) is 6.77. The topological polar surface area (TPSA) is 35.8 Å². The van der Waals surface area contributed by atoms with E-state index in [1.54, 1.807) is 0 Å². The van der Waals surface area contributed by atoms with E-state index < -0.39 is 0 Å². The van der Waals surface area contributed by atoms with Gasteiger partial charge in [-0.2, -0.15) is 5.26 Å². The van der Waals surface area contributed by atoms with E-state index in [1.807, 2.05) is 36.4 Å². The average molecular weight is 264 g/mol. The van der Waals surface area contributed by atoms with Crippen molar-refractivity contribution in [3.8, 4) is 6.07 Å². The third kappa shape index (κ3) is 3.39. The minimum absolute atomic E-state index is 0.128. The summed E-state index contributed by atoms with van der Waals surface area (Å²) in [5.74, 6) is 0.340. The fraction of sp³-hybridized carbons (Fsp3) is 0.278. The van der Waals surface area contributed by atoms with Crippen LogP contribution in [0.25, 0.3) is 0 Å². The van der Waals surface area contributed by atoms with E-state index in [1.165, 1.54) is 5.56 Å². The van der Waals surface area contributed by atoms with E-state index in [4.69, 9.17) is 0 Å². The van der Waals surface area contributed by atoms with E-state index in [0.29, 0.717) is 12.5 Å². The monoisotopic (exact) mass is 264 g/mol. The highest BCUT2D eigenvalue weighted by molar-refractivity contribution is 5.53. The molecule has 1 unspecified atom stereocenters. The van der Waals surface area contributed by atoms with Crippen LogP contribution in [0.3, 0.4) is 0 Å². The minimum atomic E-state index is -0.128. The molecule has 0 saturated heterocycles. The van der Waals surface area contributed by atoms with Gasteiger partial charge in [0.2, 0.25) is 0 Å². The van der Waals surface area contributed by atoms with Gasteiger partial charge in [0, 0.05) is 12.2 Å². The highest BCUT2D eigenvalue weighted by Crippen LogP contribution is 2.24. The van der Waals surface area contributed by atoms with Gasteiger partial charge in [-0.15, -0.1) is 0 Å². The van der Waals surface area contributed by atoms with Gasteiger partial charge in [0.05, 0.1) is 12.0 Å². The van der Waals surface area contributed by atoms with Gasteiger partial charge in [-0.1, -0.05) is 62.4 Å². The molecule has 1 atom stereocenters. The van der Waals surface area contributed by atoms with Crippen molar-refractivity contribution < 1.29 is 0 Å². The Morgan fingerprint density at radius 3 is 2.30 bits per heavy atom. The lowest BCUT2D eigenvalue weighted by molar-refractivity contribution is 0.854. The summed E-state index contributed by atoms with van der Waals surface area (Å²) in [6.45, 7) is 4.99. The van der Waals surface area contributed by atoms with E-state index in [0.717, 1.165) is 11.3 Å². The maximum atomic E-state index is 9.35. The first-order valence-corrected chi connectivity index (χ1v) is 6.99. The number of nitriles is 1. The van der Waals surface area contributed by atoms with Crippen molar-refractivity contribution >= 4 is 5.69 Å². The zero-order chi connectivity index (χ0) is 14.4. The molecular formula is C18H20N2. The van der Waals surface area contributed by atoms with Gasteiger partial charge in [0.15, 0.2) is 0 Å². The first kappa shape index (κ1) is 14.1. The molecule has 0 aliphatic rings. The summed E-state index contributed by atoms with van der Waals surface area (Å²) in [6, 6.07) is 20.6. The van der Waals surface area contributed by atoms with Gasteiger partial charge in [0.25, 0.3) is 0 Å². The van der Waals surface area contributed by atoms with Gasteiger partial charge in [0.1, 0.15) is 0 Å². The third-order valence-corrected chi connectivity index (χ3v) is 3.44. The lowest BCUT2D eigenvalue weighted by atomic mass is 9.98. The first-order chi connectivity index (χ1) is 9.72. The molecule has 102 valence electrons.